The highest BCUT2D eigenvalue weighted by atomic mass is 19.1. The van der Waals surface area contributed by atoms with E-state index < -0.39 is 0 Å². The van der Waals surface area contributed by atoms with Gasteiger partial charge in [-0.05, 0) is 62.4 Å². The first kappa shape index (κ1) is 17.4. The number of carbonyl (C=O) groups excluding carboxylic acids is 1. The van der Waals surface area contributed by atoms with Gasteiger partial charge in [0, 0.05) is 17.5 Å². The van der Waals surface area contributed by atoms with E-state index in [2.05, 4.69) is 15.4 Å². The van der Waals surface area contributed by atoms with Gasteiger partial charge in [0.1, 0.15) is 17.2 Å². The van der Waals surface area contributed by atoms with Gasteiger partial charge in [-0.3, -0.25) is 9.78 Å². The van der Waals surface area contributed by atoms with Crippen LogP contribution < -0.4 is 5.32 Å². The van der Waals surface area contributed by atoms with E-state index in [1.807, 2.05) is 13.8 Å². The van der Waals surface area contributed by atoms with Gasteiger partial charge in [-0.1, -0.05) is 12.1 Å². The largest absolute Gasteiger partial charge is 0.344 e. The van der Waals surface area contributed by atoms with Gasteiger partial charge >= 0.3 is 0 Å². The molecule has 0 fully saturated rings. The average Bonchev–Trinajstić information content (AvgIpc) is 3.09. The molecular formula is C21H21FN4O. The smallest absolute Gasteiger partial charge is 0.270 e. The minimum atomic E-state index is -0.311. The Labute approximate surface area is 157 Å². The summed E-state index contributed by atoms with van der Waals surface area (Å²) < 4.78 is 15.8. The molecule has 1 aromatic carbocycles. The maximum absolute atomic E-state index is 14.2. The Morgan fingerprint density at radius 1 is 1.22 bits per heavy atom. The number of carbonyl (C=O) groups is 1. The molecule has 1 aliphatic carbocycles. The van der Waals surface area contributed by atoms with Crippen molar-refractivity contribution in [1.82, 2.24) is 20.1 Å². The van der Waals surface area contributed by atoms with Crippen molar-refractivity contribution in [2.75, 3.05) is 0 Å². The Hall–Kier alpha value is -3.02. The fraction of sp³-hybridized carbons (Fsp3) is 0.286. The number of hydrogen-bond acceptors (Lipinski definition) is 3. The summed E-state index contributed by atoms with van der Waals surface area (Å²) in [6, 6.07) is 8.25. The molecule has 0 bridgehead atoms. The Kier molecular flexibility index (Phi) is 4.48. The number of nitrogens with one attached hydrogen (secondary N) is 1. The molecule has 27 heavy (non-hydrogen) atoms. The average molecular weight is 364 g/mol. The molecule has 1 aliphatic rings. The van der Waals surface area contributed by atoms with Crippen molar-refractivity contribution in [3.05, 3.63) is 76.6 Å². The molecule has 1 unspecified atom stereocenters. The molecule has 0 saturated heterocycles. The van der Waals surface area contributed by atoms with Crippen molar-refractivity contribution in [3.63, 3.8) is 0 Å². The van der Waals surface area contributed by atoms with Crippen LogP contribution in [0.25, 0.3) is 5.69 Å². The van der Waals surface area contributed by atoms with Gasteiger partial charge < -0.3 is 5.32 Å². The third-order valence-corrected chi connectivity index (χ3v) is 5.17. The second-order valence-corrected chi connectivity index (χ2v) is 6.98. The first-order valence-electron chi connectivity index (χ1n) is 9.10. The Morgan fingerprint density at radius 3 is 2.81 bits per heavy atom. The predicted molar refractivity (Wildman–Crippen MR) is 100 cm³/mol. The molecule has 1 N–H and O–H groups in total. The molecule has 2 heterocycles. The van der Waals surface area contributed by atoms with Gasteiger partial charge in [-0.25, -0.2) is 9.07 Å². The normalized spacial score (nSPS) is 16.0. The van der Waals surface area contributed by atoms with Crippen LogP contribution in [0.4, 0.5) is 4.39 Å². The Morgan fingerprint density at radius 2 is 2.04 bits per heavy atom. The quantitative estimate of drug-likeness (QED) is 0.768. The summed E-state index contributed by atoms with van der Waals surface area (Å²) in [4.78, 5) is 16.9. The van der Waals surface area contributed by atoms with E-state index in [-0.39, 0.29) is 17.8 Å². The highest BCUT2D eigenvalue weighted by molar-refractivity contribution is 5.92. The van der Waals surface area contributed by atoms with Gasteiger partial charge in [-0.15, -0.1) is 0 Å². The zero-order valence-electron chi connectivity index (χ0n) is 15.4. The molecule has 0 radical (unpaired) electrons. The van der Waals surface area contributed by atoms with Crippen LogP contribution in [-0.2, 0) is 6.42 Å². The maximum atomic E-state index is 14.2. The Balaban J connectivity index is 1.62. The number of halogens is 1. The van der Waals surface area contributed by atoms with Crippen LogP contribution in [-0.4, -0.2) is 20.7 Å². The number of benzene rings is 1. The van der Waals surface area contributed by atoms with Crippen molar-refractivity contribution in [2.24, 2.45) is 0 Å². The minimum absolute atomic E-state index is 0.148. The number of aryl methyl sites for hydroxylation is 2. The predicted octanol–water partition coefficient (Wildman–Crippen LogP) is 3.83. The minimum Gasteiger partial charge on any atom is -0.344 e. The molecule has 0 spiro atoms. The van der Waals surface area contributed by atoms with Gasteiger partial charge in [0.25, 0.3) is 5.91 Å². The molecule has 6 heteroatoms. The standard InChI is InChI=1S/C21H21FN4O/c1-13-10-18(23-11-14(13)2)21(27)25-17-7-5-9-19-15(17)12-24-26(19)20-8-4-3-6-16(20)22/h3-4,6,8,10-12,17H,5,7,9H2,1-2H3,(H,25,27). The summed E-state index contributed by atoms with van der Waals surface area (Å²) in [5.74, 6) is -0.511. The van der Waals surface area contributed by atoms with Crippen molar-refractivity contribution >= 4 is 5.91 Å². The van der Waals surface area contributed by atoms with Crippen LogP contribution >= 0.6 is 0 Å². The van der Waals surface area contributed by atoms with Crippen LogP contribution in [0.5, 0.6) is 0 Å². The first-order valence-corrected chi connectivity index (χ1v) is 9.10. The topological polar surface area (TPSA) is 59.8 Å². The Bertz CT molecular complexity index is 1010. The molecule has 1 atom stereocenters. The van der Waals surface area contributed by atoms with Gasteiger partial charge in [0.15, 0.2) is 0 Å². The third kappa shape index (κ3) is 3.23. The van der Waals surface area contributed by atoms with Crippen LogP contribution in [0.3, 0.4) is 0 Å². The van der Waals surface area contributed by atoms with E-state index in [0.717, 1.165) is 41.6 Å². The zero-order valence-corrected chi connectivity index (χ0v) is 15.4. The maximum Gasteiger partial charge on any atom is 0.270 e. The van der Waals surface area contributed by atoms with Crippen LogP contribution in [0, 0.1) is 19.7 Å². The number of nitrogens with zero attached hydrogens (tertiary/aromatic N) is 3. The van der Waals surface area contributed by atoms with Gasteiger partial charge in [0.2, 0.25) is 0 Å². The molecular weight excluding hydrogens is 343 g/mol. The molecule has 0 aliphatic heterocycles. The summed E-state index contributed by atoms with van der Waals surface area (Å²) in [6.45, 7) is 3.93. The molecule has 3 aromatic rings. The second kappa shape index (κ2) is 6.95. The fourth-order valence-corrected chi connectivity index (χ4v) is 3.52. The van der Waals surface area contributed by atoms with E-state index in [9.17, 15) is 9.18 Å². The summed E-state index contributed by atoms with van der Waals surface area (Å²) >= 11 is 0. The van der Waals surface area contributed by atoms with Gasteiger partial charge in [0.05, 0.1) is 12.2 Å². The monoisotopic (exact) mass is 364 g/mol. The first-order chi connectivity index (χ1) is 13.0. The fourth-order valence-electron chi connectivity index (χ4n) is 3.52. The van der Waals surface area contributed by atoms with Crippen LogP contribution in [0.2, 0.25) is 0 Å². The number of pyridine rings is 1. The van der Waals surface area contributed by atoms with Crippen molar-refractivity contribution in [3.8, 4) is 5.69 Å². The lowest BCUT2D eigenvalue weighted by Gasteiger charge is -2.24. The van der Waals surface area contributed by atoms with E-state index >= 15 is 0 Å². The van der Waals surface area contributed by atoms with E-state index in [1.165, 1.54) is 6.07 Å². The van der Waals surface area contributed by atoms with Crippen LogP contribution in [0.1, 0.15) is 51.8 Å². The van der Waals surface area contributed by atoms with E-state index in [4.69, 9.17) is 0 Å². The lowest BCUT2D eigenvalue weighted by atomic mass is 9.92. The zero-order chi connectivity index (χ0) is 19.0. The molecule has 4 rings (SSSR count). The molecule has 1 amide bonds. The SMILES string of the molecule is Cc1cnc(C(=O)NC2CCCc3c2cnn3-c2ccccc2F)cc1C. The third-order valence-electron chi connectivity index (χ3n) is 5.17. The number of para-hydroxylation sites is 1. The van der Waals surface area contributed by atoms with Crippen molar-refractivity contribution < 1.29 is 9.18 Å². The summed E-state index contributed by atoms with van der Waals surface area (Å²) in [5.41, 5.74) is 4.82. The molecule has 138 valence electrons. The summed E-state index contributed by atoms with van der Waals surface area (Å²) in [6.07, 6.45) is 5.98. The number of rotatable bonds is 3. The highest BCUT2D eigenvalue weighted by Gasteiger charge is 2.27. The number of aromatic nitrogens is 3. The van der Waals surface area contributed by atoms with Gasteiger partial charge in [-0.2, -0.15) is 5.10 Å². The lowest BCUT2D eigenvalue weighted by molar-refractivity contribution is 0.0927. The van der Waals surface area contributed by atoms with Crippen molar-refractivity contribution in [2.45, 2.75) is 39.2 Å². The molecule has 5 nitrogen and oxygen atoms in total. The van der Waals surface area contributed by atoms with Crippen molar-refractivity contribution in [1.29, 1.82) is 0 Å². The highest BCUT2D eigenvalue weighted by Crippen LogP contribution is 2.31. The van der Waals surface area contributed by atoms with E-state index in [0.29, 0.717) is 11.4 Å². The lowest BCUT2D eigenvalue weighted by Crippen LogP contribution is -2.31. The summed E-state index contributed by atoms with van der Waals surface area (Å²) in [7, 11) is 0. The second-order valence-electron chi connectivity index (χ2n) is 6.98. The number of amides is 1. The van der Waals surface area contributed by atoms with E-state index in [1.54, 1.807) is 41.3 Å². The number of fused-ring (bicyclic) bond motifs is 1. The number of hydrogen-bond donors (Lipinski definition) is 1. The van der Waals surface area contributed by atoms with Crippen LogP contribution in [0.15, 0.2) is 42.7 Å². The summed E-state index contributed by atoms with van der Waals surface area (Å²) in [5, 5.41) is 7.46. The molecule has 0 saturated carbocycles. The molecule has 2 aromatic heterocycles.